The zero-order valence-corrected chi connectivity index (χ0v) is 30.2. The molecule has 3 aliphatic carbocycles. The summed E-state index contributed by atoms with van der Waals surface area (Å²) in [7, 11) is 5.97. The van der Waals surface area contributed by atoms with Crippen LogP contribution in [0.15, 0.2) is 47.2 Å². The predicted molar refractivity (Wildman–Crippen MR) is 188 cm³/mol. The van der Waals surface area contributed by atoms with Gasteiger partial charge in [-0.3, -0.25) is 24.1 Å². The van der Waals surface area contributed by atoms with Gasteiger partial charge in [-0.2, -0.15) is 0 Å². The van der Waals surface area contributed by atoms with Crippen molar-refractivity contribution in [2.75, 3.05) is 28.3 Å². The number of likely N-dealkylation sites (N-methyl/N-ethyl adjacent to an activating group) is 1. The molecule has 1 fully saturated rings. The maximum atomic E-state index is 14.6. The van der Waals surface area contributed by atoms with Crippen LogP contribution in [0, 0.1) is 16.7 Å². The summed E-state index contributed by atoms with van der Waals surface area (Å²) in [5.74, 6) is -4.98. The van der Waals surface area contributed by atoms with Gasteiger partial charge in [-0.25, -0.2) is 0 Å². The number of aromatic hydroxyl groups is 1. The summed E-state index contributed by atoms with van der Waals surface area (Å²) < 4.78 is 10.7. The average Bonchev–Trinajstić information content (AvgIpc) is 3.03. The van der Waals surface area contributed by atoms with Gasteiger partial charge in [-0.05, 0) is 74.2 Å². The van der Waals surface area contributed by atoms with Crippen molar-refractivity contribution in [2.45, 2.75) is 71.2 Å². The SMILES string of the molecule is COC(=O)C(CC(C)C)NCc1ccc(OC)c(-c2ccc(O)c3c2C[C@@]2(C)C[C@@]4(C)[C@H](N(C)C)C(=O)C(C(N)=O)=C(O)[C@@]4(O)C(=O)C2=C3O)c1. The number of esters is 1. The van der Waals surface area contributed by atoms with Gasteiger partial charge in [0.2, 0.25) is 5.78 Å². The topological polar surface area (TPSA) is 209 Å². The predicted octanol–water partition coefficient (Wildman–Crippen LogP) is 3.10. The van der Waals surface area contributed by atoms with E-state index in [1.54, 1.807) is 33.2 Å². The number of carbonyl (C=O) groups excluding carboxylic acids is 4. The molecule has 274 valence electrons. The Kier molecular flexibility index (Phi) is 9.65. The fourth-order valence-electron chi connectivity index (χ4n) is 8.77. The molecule has 0 bridgehead atoms. The van der Waals surface area contributed by atoms with Crippen molar-refractivity contribution >= 4 is 29.2 Å². The number of nitrogens with one attached hydrogen (secondary N) is 1. The van der Waals surface area contributed by atoms with Gasteiger partial charge < -0.3 is 41.0 Å². The summed E-state index contributed by atoms with van der Waals surface area (Å²) in [6.07, 6.45) is 0.527. The number of ketones is 2. The Morgan fingerprint density at radius 3 is 2.29 bits per heavy atom. The van der Waals surface area contributed by atoms with Gasteiger partial charge in [0.25, 0.3) is 5.91 Å². The zero-order valence-electron chi connectivity index (χ0n) is 30.2. The van der Waals surface area contributed by atoms with Crippen LogP contribution in [-0.2, 0) is 36.9 Å². The number of rotatable bonds is 10. The highest BCUT2D eigenvalue weighted by Gasteiger charge is 2.72. The molecule has 0 radical (unpaired) electrons. The van der Waals surface area contributed by atoms with Crippen LogP contribution in [-0.4, -0.2) is 94.8 Å². The van der Waals surface area contributed by atoms with Crippen molar-refractivity contribution in [1.29, 1.82) is 0 Å². The molecule has 13 nitrogen and oxygen atoms in total. The molecular weight excluding hydrogens is 658 g/mol. The van der Waals surface area contributed by atoms with E-state index < -0.39 is 63.1 Å². The molecule has 0 heterocycles. The number of hydrogen-bond acceptors (Lipinski definition) is 12. The standard InChI is InChI=1S/C38H47N3O10/c1-18(2)13-23(35(48)51-8)40-16-19-9-12-25(50-7)21(14-19)20-10-11-24(42)26-22(20)15-36(3)17-37(4)31(41(5)6)30(44)27(34(39)47)32(45)38(37,49)33(46)28(36)29(26)43/h9-12,14,18,23,31,40,42-43,45,49H,13,15-17H2,1-8H3,(H2,39,47)/t23?,31-,36+,37+,38-/m1/s1. The number of fused-ring (bicyclic) bond motifs is 3. The molecule has 3 aliphatic rings. The summed E-state index contributed by atoms with van der Waals surface area (Å²) in [4.78, 5) is 54.7. The van der Waals surface area contributed by atoms with Gasteiger partial charge in [-0.1, -0.05) is 39.8 Å². The Morgan fingerprint density at radius 2 is 1.73 bits per heavy atom. The van der Waals surface area contributed by atoms with Crippen LogP contribution in [0.3, 0.4) is 0 Å². The van der Waals surface area contributed by atoms with Gasteiger partial charge in [0, 0.05) is 28.5 Å². The normalized spacial score (nSPS) is 26.5. The molecule has 2 aromatic rings. The number of amides is 1. The van der Waals surface area contributed by atoms with E-state index in [0.717, 1.165) is 5.56 Å². The molecule has 0 spiro atoms. The molecule has 51 heavy (non-hydrogen) atoms. The highest BCUT2D eigenvalue weighted by molar-refractivity contribution is 6.25. The van der Waals surface area contributed by atoms with Crippen molar-refractivity contribution in [2.24, 2.45) is 22.5 Å². The van der Waals surface area contributed by atoms with Crippen molar-refractivity contribution in [3.05, 3.63) is 63.9 Å². The molecule has 0 aliphatic heterocycles. The van der Waals surface area contributed by atoms with E-state index in [4.69, 9.17) is 15.2 Å². The molecule has 5 rings (SSSR count). The van der Waals surface area contributed by atoms with Crippen LogP contribution in [0.4, 0.5) is 0 Å². The van der Waals surface area contributed by atoms with E-state index in [9.17, 15) is 39.6 Å². The van der Waals surface area contributed by atoms with Crippen LogP contribution in [0.5, 0.6) is 11.5 Å². The van der Waals surface area contributed by atoms with E-state index in [0.29, 0.717) is 35.4 Å². The van der Waals surface area contributed by atoms with E-state index in [2.05, 4.69) is 5.32 Å². The number of carbonyl (C=O) groups is 4. The Bertz CT molecular complexity index is 1900. The fourth-order valence-corrected chi connectivity index (χ4v) is 8.77. The number of phenolic OH excluding ortho intramolecular Hbond substituents is 1. The number of primary amides is 1. The first-order chi connectivity index (χ1) is 23.8. The molecule has 1 amide bonds. The monoisotopic (exact) mass is 705 g/mol. The summed E-state index contributed by atoms with van der Waals surface area (Å²) >= 11 is 0. The first kappa shape index (κ1) is 37.5. The Hall–Kier alpha value is -4.72. The lowest BCUT2D eigenvalue weighted by molar-refractivity contribution is -0.176. The largest absolute Gasteiger partial charge is 0.508 e. The number of phenols is 1. The maximum absolute atomic E-state index is 14.6. The smallest absolute Gasteiger partial charge is 0.322 e. The number of aliphatic hydroxyl groups excluding tert-OH is 2. The van der Waals surface area contributed by atoms with Crippen LogP contribution in [0.2, 0.25) is 0 Å². The molecule has 0 saturated heterocycles. The van der Waals surface area contributed by atoms with E-state index in [1.165, 1.54) is 32.1 Å². The van der Waals surface area contributed by atoms with Gasteiger partial charge in [0.05, 0.1) is 25.8 Å². The first-order valence-corrected chi connectivity index (χ1v) is 16.8. The van der Waals surface area contributed by atoms with Gasteiger partial charge in [0.1, 0.15) is 34.6 Å². The second-order valence-corrected chi connectivity index (χ2v) is 15.0. The van der Waals surface area contributed by atoms with Gasteiger partial charge in [-0.15, -0.1) is 0 Å². The summed E-state index contributed by atoms with van der Waals surface area (Å²) in [5.41, 5.74) is 1.04. The van der Waals surface area contributed by atoms with Crippen LogP contribution >= 0.6 is 0 Å². The van der Waals surface area contributed by atoms with Crippen molar-refractivity contribution in [1.82, 2.24) is 10.2 Å². The number of aliphatic hydroxyl groups is 3. The number of ether oxygens (including phenoxy) is 2. The Labute approximate surface area is 296 Å². The molecule has 7 N–H and O–H groups in total. The second-order valence-electron chi connectivity index (χ2n) is 15.0. The van der Waals surface area contributed by atoms with E-state index in [1.807, 2.05) is 26.0 Å². The number of nitrogens with zero attached hydrogens (tertiary/aromatic N) is 1. The number of Topliss-reactive ketones (excluding diaryl/α,β-unsaturated/α-hetero) is 2. The summed E-state index contributed by atoms with van der Waals surface area (Å²) in [5, 5.41) is 49.9. The van der Waals surface area contributed by atoms with Crippen LogP contribution in [0.25, 0.3) is 16.9 Å². The van der Waals surface area contributed by atoms with Gasteiger partial charge >= 0.3 is 5.97 Å². The molecular formula is C38H47N3O10. The van der Waals surface area contributed by atoms with Crippen molar-refractivity contribution in [3.8, 4) is 22.6 Å². The lowest BCUT2D eigenvalue weighted by Gasteiger charge is -2.59. The molecule has 5 atom stereocenters. The second kappa shape index (κ2) is 13.1. The number of benzene rings is 2. The first-order valence-electron chi connectivity index (χ1n) is 16.8. The third-order valence-corrected chi connectivity index (χ3v) is 10.8. The fraction of sp³-hybridized carbons (Fsp3) is 0.474. The zero-order chi connectivity index (χ0) is 38.0. The molecule has 0 aromatic heterocycles. The Balaban J connectivity index is 1.69. The van der Waals surface area contributed by atoms with Crippen molar-refractivity contribution in [3.63, 3.8) is 0 Å². The Morgan fingerprint density at radius 1 is 1.06 bits per heavy atom. The van der Waals surface area contributed by atoms with Crippen molar-refractivity contribution < 1.29 is 49.1 Å². The quantitative estimate of drug-likeness (QED) is 0.156. The lowest BCUT2D eigenvalue weighted by atomic mass is 9.46. The minimum absolute atomic E-state index is 0.0385. The minimum Gasteiger partial charge on any atom is -0.508 e. The highest BCUT2D eigenvalue weighted by atomic mass is 16.5. The highest BCUT2D eigenvalue weighted by Crippen LogP contribution is 2.63. The van der Waals surface area contributed by atoms with Crippen LogP contribution < -0.4 is 15.8 Å². The number of nitrogens with two attached hydrogens (primary N) is 1. The molecule has 1 unspecified atom stereocenters. The van der Waals surface area contributed by atoms with Gasteiger partial charge in [0.15, 0.2) is 11.4 Å². The lowest BCUT2D eigenvalue weighted by Crippen LogP contribution is -2.72. The van der Waals surface area contributed by atoms with Crippen LogP contribution in [0.1, 0.15) is 57.2 Å². The molecule has 13 heteroatoms. The van der Waals surface area contributed by atoms with E-state index in [-0.39, 0.29) is 41.6 Å². The third-order valence-electron chi connectivity index (χ3n) is 10.8. The summed E-state index contributed by atoms with van der Waals surface area (Å²) in [6, 6.07) is 6.78. The molecule has 2 aromatic carbocycles. The van der Waals surface area contributed by atoms with E-state index >= 15 is 0 Å². The number of hydrogen-bond donors (Lipinski definition) is 6. The average molecular weight is 706 g/mol. The summed E-state index contributed by atoms with van der Waals surface area (Å²) in [6.45, 7) is 7.56. The minimum atomic E-state index is -2.81. The third kappa shape index (κ3) is 5.67. The molecule has 1 saturated carbocycles. The maximum Gasteiger partial charge on any atom is 0.322 e. The number of methoxy groups -OCH3 is 2.